The number of carbonyl (C=O) groups is 3. The average molecular weight is 803 g/mol. The monoisotopic (exact) mass is 803 g/mol. The summed E-state index contributed by atoms with van der Waals surface area (Å²) in [6, 6.07) is 0. The minimum absolute atomic E-state index is 0.0712. The molecule has 0 aliphatic heterocycles. The van der Waals surface area contributed by atoms with Crippen LogP contribution in [0.25, 0.3) is 0 Å². The van der Waals surface area contributed by atoms with Gasteiger partial charge in [-0.05, 0) is 51.4 Å². The molecule has 0 spiro atoms. The van der Waals surface area contributed by atoms with Crippen molar-refractivity contribution < 1.29 is 28.6 Å². The van der Waals surface area contributed by atoms with Crippen LogP contribution in [-0.2, 0) is 28.6 Å². The number of esters is 3. The summed E-state index contributed by atoms with van der Waals surface area (Å²) in [5.41, 5.74) is 0. The molecule has 57 heavy (non-hydrogen) atoms. The van der Waals surface area contributed by atoms with E-state index in [2.05, 4.69) is 45.1 Å². The minimum atomic E-state index is -0.769. The van der Waals surface area contributed by atoms with Crippen LogP contribution in [0.1, 0.15) is 265 Å². The lowest BCUT2D eigenvalue weighted by molar-refractivity contribution is -0.167. The number of allylic oxidation sites excluding steroid dienone is 4. The van der Waals surface area contributed by atoms with Crippen LogP contribution in [0.2, 0.25) is 0 Å². The molecule has 0 heterocycles. The molecule has 0 aliphatic rings. The van der Waals surface area contributed by atoms with Crippen LogP contribution in [-0.4, -0.2) is 37.2 Å². The van der Waals surface area contributed by atoms with Crippen LogP contribution in [0, 0.1) is 0 Å². The lowest BCUT2D eigenvalue weighted by atomic mass is 10.0. The zero-order valence-electron chi connectivity index (χ0n) is 38.1. The highest BCUT2D eigenvalue weighted by atomic mass is 16.6. The van der Waals surface area contributed by atoms with Gasteiger partial charge in [0.05, 0.1) is 0 Å². The van der Waals surface area contributed by atoms with Crippen molar-refractivity contribution in [1.82, 2.24) is 0 Å². The summed E-state index contributed by atoms with van der Waals surface area (Å²) in [5, 5.41) is 0. The summed E-state index contributed by atoms with van der Waals surface area (Å²) in [4.78, 5) is 37.8. The number of ether oxygens (including phenoxy) is 3. The van der Waals surface area contributed by atoms with Crippen LogP contribution in [0.4, 0.5) is 0 Å². The highest BCUT2D eigenvalue weighted by Gasteiger charge is 2.19. The van der Waals surface area contributed by atoms with Gasteiger partial charge >= 0.3 is 17.9 Å². The van der Waals surface area contributed by atoms with Crippen molar-refractivity contribution in [2.24, 2.45) is 0 Å². The van der Waals surface area contributed by atoms with Gasteiger partial charge in [-0.25, -0.2) is 0 Å². The van der Waals surface area contributed by atoms with E-state index in [1.807, 2.05) is 0 Å². The highest BCUT2D eigenvalue weighted by molar-refractivity contribution is 5.71. The SMILES string of the molecule is CCCCC/C=C\C/C=C\CCCCCCCC(=O)OCC(COC(=O)CCCCCCCCCCCCCC)OC(=O)CCCCCCCCCCCCCC. The van der Waals surface area contributed by atoms with Gasteiger partial charge in [0, 0.05) is 19.3 Å². The fourth-order valence-electron chi connectivity index (χ4n) is 7.18. The Morgan fingerprint density at radius 3 is 1.00 bits per heavy atom. The maximum Gasteiger partial charge on any atom is 0.306 e. The van der Waals surface area contributed by atoms with Gasteiger partial charge in [0.25, 0.3) is 0 Å². The van der Waals surface area contributed by atoms with Gasteiger partial charge in [-0.3, -0.25) is 14.4 Å². The molecule has 0 saturated carbocycles. The van der Waals surface area contributed by atoms with Gasteiger partial charge in [-0.15, -0.1) is 0 Å². The van der Waals surface area contributed by atoms with E-state index < -0.39 is 6.10 Å². The highest BCUT2D eigenvalue weighted by Crippen LogP contribution is 2.15. The van der Waals surface area contributed by atoms with Gasteiger partial charge in [0.2, 0.25) is 0 Å². The molecule has 0 N–H and O–H groups in total. The van der Waals surface area contributed by atoms with E-state index >= 15 is 0 Å². The second kappa shape index (κ2) is 46.6. The van der Waals surface area contributed by atoms with E-state index in [0.29, 0.717) is 19.3 Å². The maximum absolute atomic E-state index is 12.7. The Balaban J connectivity index is 4.36. The van der Waals surface area contributed by atoms with E-state index in [1.54, 1.807) is 0 Å². The second-order valence-electron chi connectivity index (χ2n) is 16.7. The van der Waals surface area contributed by atoms with Crippen molar-refractivity contribution in [2.45, 2.75) is 271 Å². The van der Waals surface area contributed by atoms with E-state index in [0.717, 1.165) is 77.0 Å². The lowest BCUT2D eigenvalue weighted by Gasteiger charge is -2.18. The summed E-state index contributed by atoms with van der Waals surface area (Å²) >= 11 is 0. The summed E-state index contributed by atoms with van der Waals surface area (Å²) in [6.45, 7) is 6.61. The van der Waals surface area contributed by atoms with Crippen LogP contribution in [0.15, 0.2) is 24.3 Å². The predicted molar refractivity (Wildman–Crippen MR) is 243 cm³/mol. The largest absolute Gasteiger partial charge is 0.462 e. The Morgan fingerprint density at radius 2 is 0.632 bits per heavy atom. The average Bonchev–Trinajstić information content (AvgIpc) is 3.21. The molecule has 0 amide bonds. The normalized spacial score (nSPS) is 12.1. The fourth-order valence-corrected chi connectivity index (χ4v) is 7.18. The molecule has 0 aromatic carbocycles. The Kier molecular flexibility index (Phi) is 44.9. The van der Waals surface area contributed by atoms with Crippen molar-refractivity contribution in [3.8, 4) is 0 Å². The Labute approximate surface area is 353 Å². The third kappa shape index (κ3) is 44.8. The summed E-state index contributed by atoms with van der Waals surface area (Å²) in [5.74, 6) is -0.875. The first kappa shape index (κ1) is 54.9. The van der Waals surface area contributed by atoms with E-state index in [-0.39, 0.29) is 31.1 Å². The molecular formula is C51H94O6. The van der Waals surface area contributed by atoms with Crippen LogP contribution in [0.5, 0.6) is 0 Å². The van der Waals surface area contributed by atoms with Gasteiger partial charge in [-0.1, -0.05) is 218 Å². The number of hydrogen-bond donors (Lipinski definition) is 0. The molecule has 6 nitrogen and oxygen atoms in total. The third-order valence-corrected chi connectivity index (χ3v) is 11.0. The first-order valence-corrected chi connectivity index (χ1v) is 24.8. The van der Waals surface area contributed by atoms with E-state index in [1.165, 1.54) is 148 Å². The van der Waals surface area contributed by atoms with Crippen molar-refractivity contribution in [2.75, 3.05) is 13.2 Å². The predicted octanol–water partition coefficient (Wildman–Crippen LogP) is 16.0. The van der Waals surface area contributed by atoms with Gasteiger partial charge < -0.3 is 14.2 Å². The first-order chi connectivity index (χ1) is 28.0. The Bertz CT molecular complexity index is 927. The lowest BCUT2D eigenvalue weighted by Crippen LogP contribution is -2.30. The van der Waals surface area contributed by atoms with Gasteiger partial charge in [0.1, 0.15) is 13.2 Å². The number of unbranched alkanes of at least 4 members (excludes halogenated alkanes) is 30. The van der Waals surface area contributed by atoms with Gasteiger partial charge in [-0.2, -0.15) is 0 Å². The van der Waals surface area contributed by atoms with Crippen molar-refractivity contribution >= 4 is 17.9 Å². The molecule has 0 aliphatic carbocycles. The number of carbonyl (C=O) groups excluding carboxylic acids is 3. The Hall–Kier alpha value is -2.11. The first-order valence-electron chi connectivity index (χ1n) is 24.8. The zero-order chi connectivity index (χ0) is 41.5. The molecule has 1 atom stereocenters. The maximum atomic E-state index is 12.7. The van der Waals surface area contributed by atoms with E-state index in [4.69, 9.17) is 14.2 Å². The molecule has 0 rings (SSSR count). The molecule has 0 radical (unpaired) electrons. The number of rotatable bonds is 45. The molecule has 0 bridgehead atoms. The quantitative estimate of drug-likeness (QED) is 0.0264. The number of hydrogen-bond acceptors (Lipinski definition) is 6. The molecule has 6 heteroatoms. The minimum Gasteiger partial charge on any atom is -0.462 e. The fraction of sp³-hybridized carbons (Fsp3) is 0.863. The van der Waals surface area contributed by atoms with Crippen molar-refractivity contribution in [3.05, 3.63) is 24.3 Å². The molecule has 334 valence electrons. The van der Waals surface area contributed by atoms with E-state index in [9.17, 15) is 14.4 Å². The topological polar surface area (TPSA) is 78.9 Å². The molecule has 0 aromatic heterocycles. The van der Waals surface area contributed by atoms with Crippen molar-refractivity contribution in [3.63, 3.8) is 0 Å². The van der Waals surface area contributed by atoms with Crippen LogP contribution >= 0.6 is 0 Å². The molecular weight excluding hydrogens is 709 g/mol. The summed E-state index contributed by atoms with van der Waals surface area (Å²) < 4.78 is 16.8. The smallest absolute Gasteiger partial charge is 0.306 e. The van der Waals surface area contributed by atoms with Crippen LogP contribution in [0.3, 0.4) is 0 Å². The van der Waals surface area contributed by atoms with Crippen LogP contribution < -0.4 is 0 Å². The zero-order valence-corrected chi connectivity index (χ0v) is 38.1. The van der Waals surface area contributed by atoms with Crippen molar-refractivity contribution in [1.29, 1.82) is 0 Å². The molecule has 0 aromatic rings. The van der Waals surface area contributed by atoms with Gasteiger partial charge in [0.15, 0.2) is 6.10 Å². The summed E-state index contributed by atoms with van der Waals surface area (Å²) in [7, 11) is 0. The third-order valence-electron chi connectivity index (χ3n) is 11.0. The molecule has 0 saturated heterocycles. The second-order valence-corrected chi connectivity index (χ2v) is 16.7. The summed E-state index contributed by atoms with van der Waals surface area (Å²) in [6.07, 6.45) is 51.5. The standard InChI is InChI=1S/C51H94O6/c1-4-7-10-13-16-19-22-25-26-27-30-32-35-38-41-44-50(53)56-47-48(57-51(54)45-42-39-36-33-29-24-21-18-15-12-9-6-3)46-55-49(52)43-40-37-34-31-28-23-20-17-14-11-8-5-2/h16,19,25-26,48H,4-15,17-18,20-24,27-47H2,1-3H3/b19-16-,26-25-. The molecule has 1 unspecified atom stereocenters. The molecule has 0 fully saturated rings. The Morgan fingerprint density at radius 1 is 0.351 bits per heavy atom.